The molecule has 1 amide bonds. The average Bonchev–Trinajstić information content (AvgIpc) is 2.46. The number of hydrogen-bond donors (Lipinski definition) is 2. The van der Waals surface area contributed by atoms with Gasteiger partial charge < -0.3 is 10.6 Å². The van der Waals surface area contributed by atoms with E-state index in [9.17, 15) is 4.79 Å². The number of carbonyl (C=O) groups is 1. The highest BCUT2D eigenvalue weighted by Gasteiger charge is 2.20. The Kier molecular flexibility index (Phi) is 5.18. The zero-order chi connectivity index (χ0) is 14.5. The van der Waals surface area contributed by atoms with E-state index in [0.717, 1.165) is 25.9 Å². The molecule has 0 saturated carbocycles. The van der Waals surface area contributed by atoms with Crippen LogP contribution in [0.2, 0.25) is 0 Å². The second kappa shape index (κ2) is 6.89. The third-order valence-electron chi connectivity index (χ3n) is 4.20. The molecule has 1 saturated heterocycles. The lowest BCUT2D eigenvalue weighted by atomic mass is 9.96. The Labute approximate surface area is 122 Å². The minimum Gasteiger partial charge on any atom is -0.352 e. The van der Waals surface area contributed by atoms with Crippen molar-refractivity contribution in [2.75, 3.05) is 13.1 Å². The summed E-state index contributed by atoms with van der Waals surface area (Å²) in [7, 11) is 0. The van der Waals surface area contributed by atoms with E-state index < -0.39 is 0 Å². The molecule has 0 atom stereocenters. The number of rotatable bonds is 4. The number of benzene rings is 1. The summed E-state index contributed by atoms with van der Waals surface area (Å²) in [5.74, 6) is 0.917. The lowest BCUT2D eigenvalue weighted by Crippen LogP contribution is -2.37. The number of hydrogen-bond acceptors (Lipinski definition) is 2. The van der Waals surface area contributed by atoms with Gasteiger partial charge in [0, 0.05) is 12.5 Å². The number of nitrogens with one attached hydrogen (secondary N) is 2. The third-order valence-corrected chi connectivity index (χ3v) is 4.20. The quantitative estimate of drug-likeness (QED) is 0.886. The SMILES string of the molecule is Cc1ccc(C(C)C)cc1CNC(=O)C1CCNCC1. The van der Waals surface area contributed by atoms with Gasteiger partial charge in [0.05, 0.1) is 0 Å². The number of carbonyl (C=O) groups excluding carboxylic acids is 1. The van der Waals surface area contributed by atoms with Gasteiger partial charge in [0.2, 0.25) is 5.91 Å². The topological polar surface area (TPSA) is 41.1 Å². The van der Waals surface area contributed by atoms with Crippen molar-refractivity contribution in [1.82, 2.24) is 10.6 Å². The molecule has 0 radical (unpaired) electrons. The summed E-state index contributed by atoms with van der Waals surface area (Å²) in [4.78, 5) is 12.2. The van der Waals surface area contributed by atoms with Crippen LogP contribution >= 0.6 is 0 Å². The molecule has 20 heavy (non-hydrogen) atoms. The molecule has 0 bridgehead atoms. The monoisotopic (exact) mass is 274 g/mol. The lowest BCUT2D eigenvalue weighted by molar-refractivity contribution is -0.125. The first-order valence-corrected chi connectivity index (χ1v) is 7.65. The van der Waals surface area contributed by atoms with Crippen molar-refractivity contribution in [3.8, 4) is 0 Å². The minimum absolute atomic E-state index is 0.185. The average molecular weight is 274 g/mol. The normalized spacial score (nSPS) is 16.4. The summed E-state index contributed by atoms with van der Waals surface area (Å²) >= 11 is 0. The summed E-state index contributed by atoms with van der Waals surface area (Å²) in [5, 5.41) is 6.40. The fourth-order valence-corrected chi connectivity index (χ4v) is 2.65. The summed E-state index contributed by atoms with van der Waals surface area (Å²) in [6, 6.07) is 6.56. The van der Waals surface area contributed by atoms with Gasteiger partial charge in [-0.2, -0.15) is 0 Å². The minimum atomic E-state index is 0.185. The first kappa shape index (κ1) is 15.0. The first-order chi connectivity index (χ1) is 9.58. The van der Waals surface area contributed by atoms with Crippen molar-refractivity contribution in [2.45, 2.75) is 46.1 Å². The first-order valence-electron chi connectivity index (χ1n) is 7.65. The van der Waals surface area contributed by atoms with Gasteiger partial charge >= 0.3 is 0 Å². The number of aryl methyl sites for hydroxylation is 1. The van der Waals surface area contributed by atoms with Gasteiger partial charge in [0.15, 0.2) is 0 Å². The zero-order valence-electron chi connectivity index (χ0n) is 12.8. The van der Waals surface area contributed by atoms with Crippen molar-refractivity contribution in [3.05, 3.63) is 34.9 Å². The van der Waals surface area contributed by atoms with E-state index in [1.807, 2.05) is 0 Å². The predicted molar refractivity (Wildman–Crippen MR) is 82.7 cm³/mol. The van der Waals surface area contributed by atoms with E-state index in [-0.39, 0.29) is 11.8 Å². The Morgan fingerprint density at radius 2 is 2.05 bits per heavy atom. The Bertz CT molecular complexity index is 462. The van der Waals surface area contributed by atoms with E-state index in [2.05, 4.69) is 49.6 Å². The van der Waals surface area contributed by atoms with Crippen molar-refractivity contribution < 1.29 is 4.79 Å². The maximum atomic E-state index is 12.2. The van der Waals surface area contributed by atoms with Crippen molar-refractivity contribution in [3.63, 3.8) is 0 Å². The Balaban J connectivity index is 1.95. The Hall–Kier alpha value is -1.35. The predicted octanol–water partition coefficient (Wildman–Crippen LogP) is 2.73. The summed E-state index contributed by atoms with van der Waals surface area (Å²) in [5.41, 5.74) is 3.82. The van der Waals surface area contributed by atoms with Crippen molar-refractivity contribution in [1.29, 1.82) is 0 Å². The molecule has 0 aliphatic carbocycles. The summed E-state index contributed by atoms with van der Waals surface area (Å²) < 4.78 is 0. The van der Waals surface area contributed by atoms with E-state index in [1.54, 1.807) is 0 Å². The molecule has 1 aliphatic rings. The second-order valence-corrected chi connectivity index (χ2v) is 6.08. The fourth-order valence-electron chi connectivity index (χ4n) is 2.65. The van der Waals surface area contributed by atoms with Gasteiger partial charge in [-0.25, -0.2) is 0 Å². The smallest absolute Gasteiger partial charge is 0.223 e. The fraction of sp³-hybridized carbons (Fsp3) is 0.588. The van der Waals surface area contributed by atoms with Gasteiger partial charge in [-0.15, -0.1) is 0 Å². The maximum Gasteiger partial charge on any atom is 0.223 e. The largest absolute Gasteiger partial charge is 0.352 e. The molecule has 1 fully saturated rings. The van der Waals surface area contributed by atoms with Crippen LogP contribution in [0.15, 0.2) is 18.2 Å². The lowest BCUT2D eigenvalue weighted by Gasteiger charge is -2.22. The highest BCUT2D eigenvalue weighted by Crippen LogP contribution is 2.19. The molecule has 0 unspecified atom stereocenters. The molecule has 3 nitrogen and oxygen atoms in total. The van der Waals surface area contributed by atoms with E-state index in [0.29, 0.717) is 12.5 Å². The summed E-state index contributed by atoms with van der Waals surface area (Å²) in [6.07, 6.45) is 1.91. The van der Waals surface area contributed by atoms with Crippen LogP contribution in [0.25, 0.3) is 0 Å². The van der Waals surface area contributed by atoms with Gasteiger partial charge in [0.25, 0.3) is 0 Å². The third kappa shape index (κ3) is 3.83. The molecular weight excluding hydrogens is 248 g/mol. The highest BCUT2D eigenvalue weighted by atomic mass is 16.1. The number of piperidine rings is 1. The van der Waals surface area contributed by atoms with Crippen LogP contribution in [0.5, 0.6) is 0 Å². The Morgan fingerprint density at radius 3 is 2.70 bits per heavy atom. The van der Waals surface area contributed by atoms with Gasteiger partial charge in [-0.05, 0) is 55.5 Å². The van der Waals surface area contributed by atoms with Crippen LogP contribution in [0.4, 0.5) is 0 Å². The van der Waals surface area contributed by atoms with E-state index >= 15 is 0 Å². The van der Waals surface area contributed by atoms with Crippen molar-refractivity contribution in [2.24, 2.45) is 5.92 Å². The van der Waals surface area contributed by atoms with E-state index in [1.165, 1.54) is 16.7 Å². The van der Waals surface area contributed by atoms with Gasteiger partial charge in [0.1, 0.15) is 0 Å². The number of amides is 1. The standard InChI is InChI=1S/C17H26N2O/c1-12(2)15-5-4-13(3)16(10-15)11-19-17(20)14-6-8-18-9-7-14/h4-5,10,12,14,18H,6-9,11H2,1-3H3,(H,19,20). The van der Waals surface area contributed by atoms with Crippen LogP contribution in [-0.4, -0.2) is 19.0 Å². The van der Waals surface area contributed by atoms with E-state index in [4.69, 9.17) is 0 Å². The molecule has 1 aromatic carbocycles. The Morgan fingerprint density at radius 1 is 1.35 bits per heavy atom. The van der Waals surface area contributed by atoms with Crippen LogP contribution in [-0.2, 0) is 11.3 Å². The highest BCUT2D eigenvalue weighted by molar-refractivity contribution is 5.78. The van der Waals surface area contributed by atoms with Crippen LogP contribution in [0.1, 0.15) is 49.3 Å². The molecular formula is C17H26N2O. The zero-order valence-corrected chi connectivity index (χ0v) is 12.8. The van der Waals surface area contributed by atoms with Crippen LogP contribution in [0.3, 0.4) is 0 Å². The van der Waals surface area contributed by atoms with Gasteiger partial charge in [-0.3, -0.25) is 4.79 Å². The molecule has 0 spiro atoms. The molecule has 1 heterocycles. The molecule has 1 aromatic rings. The maximum absolute atomic E-state index is 12.2. The molecule has 3 heteroatoms. The molecule has 0 aromatic heterocycles. The van der Waals surface area contributed by atoms with Crippen LogP contribution < -0.4 is 10.6 Å². The van der Waals surface area contributed by atoms with Crippen molar-refractivity contribution >= 4 is 5.91 Å². The summed E-state index contributed by atoms with van der Waals surface area (Å²) in [6.45, 7) is 9.06. The van der Waals surface area contributed by atoms with Crippen LogP contribution in [0, 0.1) is 12.8 Å². The molecule has 110 valence electrons. The molecule has 1 aliphatic heterocycles. The van der Waals surface area contributed by atoms with Gasteiger partial charge in [-0.1, -0.05) is 32.0 Å². The molecule has 2 rings (SSSR count). The second-order valence-electron chi connectivity index (χ2n) is 6.08. The molecule has 2 N–H and O–H groups in total.